The van der Waals surface area contributed by atoms with Crippen LogP contribution in [-0.2, 0) is 16.6 Å². The van der Waals surface area contributed by atoms with Gasteiger partial charge in [-0.3, -0.25) is 19.2 Å². The van der Waals surface area contributed by atoms with Gasteiger partial charge in [-0.25, -0.2) is 0 Å². The Morgan fingerprint density at radius 2 is 2.00 bits per heavy atom. The van der Waals surface area contributed by atoms with E-state index in [9.17, 15) is 9.59 Å². The molecular weight excluding hydrogens is 256 g/mol. The van der Waals surface area contributed by atoms with Crippen molar-refractivity contribution >= 4 is 17.5 Å². The summed E-state index contributed by atoms with van der Waals surface area (Å²) < 4.78 is 1.61. The molecule has 1 N–H and O–H groups in total. The lowest BCUT2D eigenvalue weighted by atomic mass is 10.0. The lowest BCUT2D eigenvalue weighted by Crippen LogP contribution is -2.53. The summed E-state index contributed by atoms with van der Waals surface area (Å²) in [7, 11) is 1.77. The summed E-state index contributed by atoms with van der Waals surface area (Å²) in [5, 5.41) is 6.70. The van der Waals surface area contributed by atoms with Gasteiger partial charge in [0, 0.05) is 13.2 Å². The predicted molar refractivity (Wildman–Crippen MR) is 72.9 cm³/mol. The number of amides is 2. The third-order valence-corrected chi connectivity index (χ3v) is 3.27. The minimum Gasteiger partial charge on any atom is -0.345 e. The molecule has 1 aliphatic rings. The lowest BCUT2D eigenvalue weighted by molar-refractivity contribution is -0.131. The summed E-state index contributed by atoms with van der Waals surface area (Å²) in [6.45, 7) is 0.0110. The van der Waals surface area contributed by atoms with Gasteiger partial charge in [0.05, 0.1) is 18.4 Å². The topological polar surface area (TPSA) is 67.2 Å². The Bertz CT molecular complexity index is 650. The van der Waals surface area contributed by atoms with Crippen LogP contribution in [0.5, 0.6) is 0 Å². The van der Waals surface area contributed by atoms with E-state index in [1.807, 2.05) is 30.3 Å². The fourth-order valence-corrected chi connectivity index (χ4v) is 2.37. The largest absolute Gasteiger partial charge is 0.345 e. The average molecular weight is 270 g/mol. The minimum absolute atomic E-state index is 0.0110. The Kier molecular flexibility index (Phi) is 2.98. The Hall–Kier alpha value is -2.63. The van der Waals surface area contributed by atoms with E-state index in [0.29, 0.717) is 5.69 Å². The number of piperazine rings is 1. The van der Waals surface area contributed by atoms with Gasteiger partial charge in [0.1, 0.15) is 6.04 Å². The van der Waals surface area contributed by atoms with Gasteiger partial charge < -0.3 is 5.32 Å². The van der Waals surface area contributed by atoms with Gasteiger partial charge in [-0.1, -0.05) is 30.3 Å². The average Bonchev–Trinajstić information content (AvgIpc) is 2.88. The van der Waals surface area contributed by atoms with Crippen molar-refractivity contribution in [1.29, 1.82) is 0 Å². The van der Waals surface area contributed by atoms with Gasteiger partial charge in [0.2, 0.25) is 11.8 Å². The van der Waals surface area contributed by atoms with Crippen molar-refractivity contribution in [3.63, 3.8) is 0 Å². The van der Waals surface area contributed by atoms with Crippen molar-refractivity contribution in [2.75, 3.05) is 11.4 Å². The molecule has 0 saturated carbocycles. The summed E-state index contributed by atoms with van der Waals surface area (Å²) in [4.78, 5) is 25.9. The highest BCUT2D eigenvalue weighted by Crippen LogP contribution is 2.29. The van der Waals surface area contributed by atoms with E-state index in [4.69, 9.17) is 0 Å². The van der Waals surface area contributed by atoms with E-state index in [-0.39, 0.29) is 18.4 Å². The first-order chi connectivity index (χ1) is 9.66. The number of carbonyl (C=O) groups is 2. The van der Waals surface area contributed by atoms with Crippen LogP contribution in [0.2, 0.25) is 0 Å². The zero-order valence-electron chi connectivity index (χ0n) is 11.0. The van der Waals surface area contributed by atoms with Crippen LogP contribution in [0.25, 0.3) is 0 Å². The van der Waals surface area contributed by atoms with E-state index in [1.54, 1.807) is 24.1 Å². The molecule has 6 nitrogen and oxygen atoms in total. The Morgan fingerprint density at radius 1 is 1.25 bits per heavy atom. The van der Waals surface area contributed by atoms with Gasteiger partial charge in [-0.15, -0.1) is 0 Å². The molecule has 1 aromatic heterocycles. The number of aryl methyl sites for hydroxylation is 1. The first kappa shape index (κ1) is 12.4. The molecule has 2 amide bonds. The van der Waals surface area contributed by atoms with E-state index in [1.165, 1.54) is 4.90 Å². The van der Waals surface area contributed by atoms with Gasteiger partial charge in [-0.2, -0.15) is 5.10 Å². The third kappa shape index (κ3) is 2.05. The first-order valence-corrected chi connectivity index (χ1v) is 6.30. The highest BCUT2D eigenvalue weighted by Gasteiger charge is 2.37. The second-order valence-corrected chi connectivity index (χ2v) is 4.67. The molecule has 1 unspecified atom stereocenters. The molecule has 1 atom stereocenters. The van der Waals surface area contributed by atoms with Crippen molar-refractivity contribution in [1.82, 2.24) is 15.1 Å². The molecule has 1 fully saturated rings. The maximum absolute atomic E-state index is 12.2. The summed E-state index contributed by atoms with van der Waals surface area (Å²) in [5.41, 5.74) is 1.41. The van der Waals surface area contributed by atoms with Gasteiger partial charge >= 0.3 is 0 Å². The van der Waals surface area contributed by atoms with E-state index in [2.05, 4.69) is 10.4 Å². The Balaban J connectivity index is 2.06. The summed E-state index contributed by atoms with van der Waals surface area (Å²) in [6, 6.07) is 8.60. The van der Waals surface area contributed by atoms with Crippen LogP contribution < -0.4 is 10.2 Å². The van der Waals surface area contributed by atoms with Crippen LogP contribution in [0, 0.1) is 0 Å². The Labute approximate surface area is 116 Å². The van der Waals surface area contributed by atoms with Crippen LogP contribution in [0.15, 0.2) is 42.7 Å². The second-order valence-electron chi connectivity index (χ2n) is 4.67. The van der Waals surface area contributed by atoms with Crippen molar-refractivity contribution in [3.8, 4) is 0 Å². The number of aromatic nitrogens is 2. The number of carbonyl (C=O) groups excluding carboxylic acids is 2. The van der Waals surface area contributed by atoms with Crippen LogP contribution in [-0.4, -0.2) is 28.1 Å². The molecule has 0 spiro atoms. The maximum Gasteiger partial charge on any atom is 0.248 e. The number of rotatable bonds is 2. The van der Waals surface area contributed by atoms with Crippen LogP contribution in [0.3, 0.4) is 0 Å². The fourth-order valence-electron chi connectivity index (χ4n) is 2.37. The Morgan fingerprint density at radius 3 is 2.65 bits per heavy atom. The number of nitrogens with zero attached hydrogens (tertiary/aromatic N) is 3. The smallest absolute Gasteiger partial charge is 0.248 e. The highest BCUT2D eigenvalue weighted by molar-refractivity contribution is 6.06. The molecule has 0 aliphatic carbocycles. The quantitative estimate of drug-likeness (QED) is 0.870. The monoisotopic (exact) mass is 270 g/mol. The number of hydrogen-bond acceptors (Lipinski definition) is 3. The molecule has 1 aromatic carbocycles. The van der Waals surface area contributed by atoms with Crippen molar-refractivity contribution < 1.29 is 9.59 Å². The number of nitrogens with one attached hydrogen (secondary N) is 1. The molecule has 1 saturated heterocycles. The molecule has 2 aromatic rings. The summed E-state index contributed by atoms with van der Waals surface area (Å²) in [6.07, 6.45) is 3.32. The normalized spacial score (nSPS) is 19.1. The van der Waals surface area contributed by atoms with Crippen molar-refractivity contribution in [2.24, 2.45) is 7.05 Å². The number of anilines is 1. The van der Waals surface area contributed by atoms with Gasteiger partial charge in [0.25, 0.3) is 0 Å². The standard InChI is InChI=1S/C14H14N4O2/c1-17-9-11(7-16-17)18-12(19)8-15-14(20)13(18)10-5-3-2-4-6-10/h2-7,9,13H,8H2,1H3,(H,15,20). The molecule has 20 heavy (non-hydrogen) atoms. The second kappa shape index (κ2) is 4.80. The molecule has 6 heteroatoms. The molecule has 3 rings (SSSR count). The van der Waals surface area contributed by atoms with E-state index in [0.717, 1.165) is 5.56 Å². The minimum atomic E-state index is -0.651. The van der Waals surface area contributed by atoms with Crippen LogP contribution >= 0.6 is 0 Å². The molecule has 102 valence electrons. The summed E-state index contributed by atoms with van der Waals surface area (Å²) in [5.74, 6) is -0.328. The molecule has 1 aliphatic heterocycles. The predicted octanol–water partition coefficient (Wildman–Crippen LogP) is 0.624. The highest BCUT2D eigenvalue weighted by atomic mass is 16.2. The van der Waals surface area contributed by atoms with Crippen molar-refractivity contribution in [3.05, 3.63) is 48.3 Å². The van der Waals surface area contributed by atoms with E-state index < -0.39 is 6.04 Å². The SMILES string of the molecule is Cn1cc(N2C(=O)CNC(=O)C2c2ccccc2)cn1. The van der Waals surface area contributed by atoms with Crippen LogP contribution in [0.1, 0.15) is 11.6 Å². The van der Waals surface area contributed by atoms with Crippen LogP contribution in [0.4, 0.5) is 5.69 Å². The van der Waals surface area contributed by atoms with Gasteiger partial charge in [-0.05, 0) is 5.56 Å². The lowest BCUT2D eigenvalue weighted by Gasteiger charge is -2.34. The molecule has 0 radical (unpaired) electrons. The molecular formula is C14H14N4O2. The number of benzene rings is 1. The first-order valence-electron chi connectivity index (χ1n) is 6.30. The van der Waals surface area contributed by atoms with E-state index >= 15 is 0 Å². The zero-order chi connectivity index (χ0) is 14.1. The van der Waals surface area contributed by atoms with Gasteiger partial charge in [0.15, 0.2) is 0 Å². The number of hydrogen-bond donors (Lipinski definition) is 1. The molecule has 2 heterocycles. The maximum atomic E-state index is 12.2. The fraction of sp³-hybridized carbons (Fsp3) is 0.214. The third-order valence-electron chi connectivity index (χ3n) is 3.27. The zero-order valence-corrected chi connectivity index (χ0v) is 11.0. The molecule has 0 bridgehead atoms. The summed E-state index contributed by atoms with van der Waals surface area (Å²) >= 11 is 0. The van der Waals surface area contributed by atoms with Crippen molar-refractivity contribution in [2.45, 2.75) is 6.04 Å².